The summed E-state index contributed by atoms with van der Waals surface area (Å²) in [5.74, 6) is 0. The second kappa shape index (κ2) is 6.49. The largest absolute Gasteiger partial charge is 0.0843 e. The van der Waals surface area contributed by atoms with Crippen molar-refractivity contribution in [2.75, 3.05) is 0 Å². The second-order valence-corrected chi connectivity index (χ2v) is 3.96. The lowest BCUT2D eigenvalue weighted by atomic mass is 10.2. The van der Waals surface area contributed by atoms with Crippen molar-refractivity contribution in [3.8, 4) is 0 Å². The molecular formula is C13H12Cl2. The van der Waals surface area contributed by atoms with Crippen LogP contribution < -0.4 is 0 Å². The summed E-state index contributed by atoms with van der Waals surface area (Å²) < 4.78 is 0. The molecule has 0 N–H and O–H groups in total. The molecule has 0 spiro atoms. The van der Waals surface area contributed by atoms with E-state index >= 15 is 0 Å². The lowest BCUT2D eigenvalue weighted by Crippen LogP contribution is -1.62. The zero-order chi connectivity index (χ0) is 11.1. The van der Waals surface area contributed by atoms with E-state index < -0.39 is 0 Å². The number of aryl methyl sites for hydroxylation is 1. The Morgan fingerprint density at radius 1 is 0.667 bits per heavy atom. The Bertz CT molecular complexity index is 358. The third-order valence-electron chi connectivity index (χ3n) is 1.74. The van der Waals surface area contributed by atoms with E-state index in [2.05, 4.69) is 19.1 Å². The van der Waals surface area contributed by atoms with Crippen LogP contribution in [-0.2, 0) is 0 Å². The van der Waals surface area contributed by atoms with Gasteiger partial charge in [0.05, 0.1) is 0 Å². The maximum Gasteiger partial charge on any atom is 0.0407 e. The molecule has 0 saturated heterocycles. The maximum atomic E-state index is 5.55. The normalized spacial score (nSPS) is 9.00. The fraction of sp³-hybridized carbons (Fsp3) is 0.0769. The van der Waals surface area contributed by atoms with Gasteiger partial charge in [-0.05, 0) is 31.2 Å². The molecule has 2 rings (SSSR count). The van der Waals surface area contributed by atoms with Crippen molar-refractivity contribution in [2.45, 2.75) is 6.92 Å². The average Bonchev–Trinajstić information content (AvgIpc) is 2.25. The van der Waals surface area contributed by atoms with Gasteiger partial charge in [0.15, 0.2) is 0 Å². The molecule has 2 aromatic carbocycles. The van der Waals surface area contributed by atoms with Crippen molar-refractivity contribution in [3.05, 3.63) is 70.2 Å². The van der Waals surface area contributed by atoms with Crippen molar-refractivity contribution < 1.29 is 0 Å². The van der Waals surface area contributed by atoms with Crippen molar-refractivity contribution in [2.24, 2.45) is 0 Å². The van der Waals surface area contributed by atoms with Gasteiger partial charge in [-0.25, -0.2) is 0 Å². The topological polar surface area (TPSA) is 0 Å². The summed E-state index contributed by atoms with van der Waals surface area (Å²) in [5, 5.41) is 1.43. The fourth-order valence-corrected chi connectivity index (χ4v) is 1.22. The molecular weight excluding hydrogens is 227 g/mol. The van der Waals surface area contributed by atoms with Gasteiger partial charge < -0.3 is 0 Å². The number of rotatable bonds is 0. The first-order valence-corrected chi connectivity index (χ1v) is 5.37. The van der Waals surface area contributed by atoms with Crippen LogP contribution in [0.5, 0.6) is 0 Å². The van der Waals surface area contributed by atoms with Gasteiger partial charge in [0.25, 0.3) is 0 Å². The maximum absolute atomic E-state index is 5.55. The highest BCUT2D eigenvalue weighted by Crippen LogP contribution is 2.12. The highest BCUT2D eigenvalue weighted by atomic mass is 35.5. The molecule has 0 unspecified atom stereocenters. The molecule has 0 amide bonds. The SMILES string of the molecule is Cc1ccccc1.Clc1ccc(Cl)cc1. The zero-order valence-electron chi connectivity index (χ0n) is 8.45. The first-order valence-electron chi connectivity index (χ1n) is 4.61. The minimum atomic E-state index is 0.717. The molecule has 0 nitrogen and oxygen atoms in total. The lowest BCUT2D eigenvalue weighted by Gasteiger charge is -1.86. The molecule has 0 radical (unpaired) electrons. The molecule has 0 saturated carbocycles. The molecule has 0 aromatic heterocycles. The van der Waals surface area contributed by atoms with Gasteiger partial charge in [-0.15, -0.1) is 0 Å². The number of halogens is 2. The molecule has 0 bridgehead atoms. The van der Waals surface area contributed by atoms with Gasteiger partial charge in [0.2, 0.25) is 0 Å². The van der Waals surface area contributed by atoms with E-state index in [0.29, 0.717) is 0 Å². The van der Waals surface area contributed by atoms with Crippen LogP contribution in [0.1, 0.15) is 5.56 Å². The monoisotopic (exact) mass is 238 g/mol. The smallest absolute Gasteiger partial charge is 0.0407 e. The quantitative estimate of drug-likeness (QED) is 0.607. The number of benzene rings is 2. The first kappa shape index (κ1) is 12.1. The van der Waals surface area contributed by atoms with Gasteiger partial charge in [-0.3, -0.25) is 0 Å². The van der Waals surface area contributed by atoms with E-state index in [4.69, 9.17) is 23.2 Å². The Balaban J connectivity index is 0.000000151. The van der Waals surface area contributed by atoms with E-state index in [1.807, 2.05) is 18.2 Å². The summed E-state index contributed by atoms with van der Waals surface area (Å²) in [5.41, 5.74) is 1.32. The van der Waals surface area contributed by atoms with Gasteiger partial charge in [0.1, 0.15) is 0 Å². The summed E-state index contributed by atoms with van der Waals surface area (Å²) in [6.07, 6.45) is 0. The standard InChI is InChI=1S/C7H8.C6H4Cl2/c1-7-5-3-2-4-6-7;7-5-1-2-6(8)4-3-5/h2-6H,1H3;1-4H. The molecule has 78 valence electrons. The molecule has 0 aliphatic rings. The summed E-state index contributed by atoms with van der Waals surface area (Å²) in [7, 11) is 0. The van der Waals surface area contributed by atoms with Crippen LogP contribution in [0.4, 0.5) is 0 Å². The van der Waals surface area contributed by atoms with Crippen LogP contribution in [0.2, 0.25) is 10.0 Å². The lowest BCUT2D eigenvalue weighted by molar-refractivity contribution is 1.48. The third-order valence-corrected chi connectivity index (χ3v) is 2.25. The van der Waals surface area contributed by atoms with Crippen LogP contribution in [0, 0.1) is 6.92 Å². The third kappa shape index (κ3) is 5.46. The van der Waals surface area contributed by atoms with E-state index in [-0.39, 0.29) is 0 Å². The Hall–Kier alpha value is -0.980. The number of hydrogen-bond donors (Lipinski definition) is 0. The zero-order valence-corrected chi connectivity index (χ0v) is 9.96. The average molecular weight is 239 g/mol. The summed E-state index contributed by atoms with van der Waals surface area (Å²) >= 11 is 11.1. The Kier molecular flexibility index (Phi) is 5.23. The van der Waals surface area contributed by atoms with Gasteiger partial charge in [0, 0.05) is 10.0 Å². The minimum Gasteiger partial charge on any atom is -0.0843 e. The van der Waals surface area contributed by atoms with Gasteiger partial charge >= 0.3 is 0 Å². The molecule has 0 heterocycles. The second-order valence-electron chi connectivity index (χ2n) is 3.09. The minimum absolute atomic E-state index is 0.717. The molecule has 0 aliphatic carbocycles. The molecule has 0 atom stereocenters. The predicted octanol–water partition coefficient (Wildman–Crippen LogP) is 4.99. The summed E-state index contributed by atoms with van der Waals surface area (Å²) in [6, 6.07) is 17.3. The highest BCUT2D eigenvalue weighted by molar-refractivity contribution is 6.32. The molecule has 0 aliphatic heterocycles. The molecule has 2 heteroatoms. The van der Waals surface area contributed by atoms with Crippen molar-refractivity contribution in [1.29, 1.82) is 0 Å². The van der Waals surface area contributed by atoms with Crippen LogP contribution in [0.3, 0.4) is 0 Å². The van der Waals surface area contributed by atoms with Crippen molar-refractivity contribution in [3.63, 3.8) is 0 Å². The number of hydrogen-bond acceptors (Lipinski definition) is 0. The van der Waals surface area contributed by atoms with Gasteiger partial charge in [-0.2, -0.15) is 0 Å². The Morgan fingerprint density at radius 3 is 1.33 bits per heavy atom. The van der Waals surface area contributed by atoms with Crippen LogP contribution in [-0.4, -0.2) is 0 Å². The van der Waals surface area contributed by atoms with Crippen LogP contribution in [0.15, 0.2) is 54.6 Å². The van der Waals surface area contributed by atoms with E-state index in [1.54, 1.807) is 24.3 Å². The molecule has 15 heavy (non-hydrogen) atoms. The van der Waals surface area contributed by atoms with Crippen LogP contribution in [0.25, 0.3) is 0 Å². The summed E-state index contributed by atoms with van der Waals surface area (Å²) in [4.78, 5) is 0. The Morgan fingerprint density at radius 2 is 1.07 bits per heavy atom. The summed E-state index contributed by atoms with van der Waals surface area (Å²) in [6.45, 7) is 2.08. The van der Waals surface area contributed by atoms with Crippen LogP contribution >= 0.6 is 23.2 Å². The van der Waals surface area contributed by atoms with Crippen molar-refractivity contribution >= 4 is 23.2 Å². The van der Waals surface area contributed by atoms with Gasteiger partial charge in [-0.1, -0.05) is 59.1 Å². The van der Waals surface area contributed by atoms with Crippen molar-refractivity contribution in [1.82, 2.24) is 0 Å². The first-order chi connectivity index (χ1) is 7.18. The van der Waals surface area contributed by atoms with E-state index in [9.17, 15) is 0 Å². The fourth-order valence-electron chi connectivity index (χ4n) is 0.964. The van der Waals surface area contributed by atoms with E-state index in [0.717, 1.165) is 10.0 Å². The molecule has 0 fully saturated rings. The molecule has 2 aromatic rings. The van der Waals surface area contributed by atoms with E-state index in [1.165, 1.54) is 5.56 Å². The predicted molar refractivity (Wildman–Crippen MR) is 67.6 cm³/mol. The highest BCUT2D eigenvalue weighted by Gasteiger charge is 1.83. The Labute approximate surface area is 100 Å².